The number of carbonyl (C=O) groups is 1. The summed E-state index contributed by atoms with van der Waals surface area (Å²) in [5.41, 5.74) is 0.276. The minimum atomic E-state index is -3.95. The van der Waals surface area contributed by atoms with Gasteiger partial charge in [-0.1, -0.05) is 25.5 Å². The maximum Gasteiger partial charge on any atom is 0.261 e. The number of piperidine rings is 1. The predicted molar refractivity (Wildman–Crippen MR) is 115 cm³/mol. The molecule has 0 unspecified atom stereocenters. The number of sulfonamides is 1. The Labute approximate surface area is 177 Å². The molecule has 1 heterocycles. The third-order valence-corrected chi connectivity index (χ3v) is 6.68. The number of carbonyl (C=O) groups excluding carboxylic acids is 1. The van der Waals surface area contributed by atoms with E-state index in [0.717, 1.165) is 32.5 Å². The van der Waals surface area contributed by atoms with Gasteiger partial charge in [0.15, 0.2) is 0 Å². The van der Waals surface area contributed by atoms with Crippen LogP contribution in [-0.4, -0.2) is 44.9 Å². The summed E-state index contributed by atoms with van der Waals surface area (Å²) in [4.78, 5) is 14.9. The van der Waals surface area contributed by atoms with Gasteiger partial charge in [-0.2, -0.15) is 0 Å². The number of likely N-dealkylation sites (tertiary alicyclic amines) is 1. The van der Waals surface area contributed by atoms with Gasteiger partial charge in [0.2, 0.25) is 0 Å². The number of benzene rings is 2. The first-order valence-electron chi connectivity index (χ1n) is 10.3. The minimum absolute atomic E-state index is 0.0356. The standard InChI is InChI=1S/C22H28FN3O3S/c1-2-3-14-26-15-12-18(13-16-26)24-22(27)17-8-10-19(11-9-17)30(28,29)25-21-7-5-4-6-20(21)23/h4-11,18,25H,2-3,12-16H2,1H3,(H,24,27). The molecule has 1 fully saturated rings. The van der Waals surface area contributed by atoms with Crippen LogP contribution in [0.1, 0.15) is 43.0 Å². The van der Waals surface area contributed by atoms with Crippen molar-refractivity contribution in [2.75, 3.05) is 24.4 Å². The van der Waals surface area contributed by atoms with E-state index in [0.29, 0.717) is 5.56 Å². The maximum absolute atomic E-state index is 13.7. The Morgan fingerprint density at radius 1 is 1.10 bits per heavy atom. The fraction of sp³-hybridized carbons (Fsp3) is 0.409. The molecule has 0 radical (unpaired) electrons. The van der Waals surface area contributed by atoms with Crippen LogP contribution in [0.15, 0.2) is 53.4 Å². The average molecular weight is 434 g/mol. The fourth-order valence-electron chi connectivity index (χ4n) is 3.48. The van der Waals surface area contributed by atoms with E-state index in [9.17, 15) is 17.6 Å². The normalized spacial score (nSPS) is 15.7. The van der Waals surface area contributed by atoms with Crippen LogP contribution in [0, 0.1) is 5.82 Å². The summed E-state index contributed by atoms with van der Waals surface area (Å²) in [6, 6.07) is 11.3. The van der Waals surface area contributed by atoms with E-state index < -0.39 is 15.8 Å². The quantitative estimate of drug-likeness (QED) is 0.667. The minimum Gasteiger partial charge on any atom is -0.349 e. The molecule has 1 aliphatic rings. The van der Waals surface area contributed by atoms with E-state index in [1.807, 2.05) is 0 Å². The molecule has 1 amide bonds. The maximum atomic E-state index is 13.7. The van der Waals surface area contributed by atoms with Crippen LogP contribution in [-0.2, 0) is 10.0 Å². The largest absolute Gasteiger partial charge is 0.349 e. The number of nitrogens with zero attached hydrogens (tertiary/aromatic N) is 1. The topological polar surface area (TPSA) is 78.5 Å². The summed E-state index contributed by atoms with van der Waals surface area (Å²) in [7, 11) is -3.95. The highest BCUT2D eigenvalue weighted by Crippen LogP contribution is 2.19. The zero-order valence-electron chi connectivity index (χ0n) is 17.1. The molecule has 0 saturated carbocycles. The van der Waals surface area contributed by atoms with Gasteiger partial charge in [-0.05, 0) is 62.2 Å². The van der Waals surface area contributed by atoms with Gasteiger partial charge in [-0.3, -0.25) is 9.52 Å². The number of para-hydroxylation sites is 1. The summed E-state index contributed by atoms with van der Waals surface area (Å²) in [5, 5.41) is 3.04. The fourth-order valence-corrected chi connectivity index (χ4v) is 4.55. The lowest BCUT2D eigenvalue weighted by Crippen LogP contribution is -2.44. The first kappa shape index (κ1) is 22.2. The first-order valence-corrected chi connectivity index (χ1v) is 11.8. The molecule has 0 aromatic heterocycles. The van der Waals surface area contributed by atoms with Crippen molar-refractivity contribution in [2.24, 2.45) is 0 Å². The molecule has 0 aliphatic carbocycles. The van der Waals surface area contributed by atoms with Crippen LogP contribution in [0.25, 0.3) is 0 Å². The van der Waals surface area contributed by atoms with Crippen molar-refractivity contribution >= 4 is 21.6 Å². The molecule has 1 aliphatic heterocycles. The van der Waals surface area contributed by atoms with Gasteiger partial charge >= 0.3 is 0 Å². The molecule has 162 valence electrons. The lowest BCUT2D eigenvalue weighted by Gasteiger charge is -2.32. The summed E-state index contributed by atoms with van der Waals surface area (Å²) in [6.45, 7) is 5.24. The summed E-state index contributed by atoms with van der Waals surface area (Å²) < 4.78 is 40.9. The SMILES string of the molecule is CCCCN1CCC(NC(=O)c2ccc(S(=O)(=O)Nc3ccccc3F)cc2)CC1. The van der Waals surface area contributed by atoms with Crippen LogP contribution < -0.4 is 10.0 Å². The highest BCUT2D eigenvalue weighted by atomic mass is 32.2. The number of hydrogen-bond acceptors (Lipinski definition) is 4. The smallest absolute Gasteiger partial charge is 0.261 e. The number of rotatable bonds is 8. The molecule has 1 saturated heterocycles. The average Bonchev–Trinajstić information content (AvgIpc) is 2.75. The zero-order valence-corrected chi connectivity index (χ0v) is 17.9. The van der Waals surface area contributed by atoms with Crippen molar-refractivity contribution in [1.29, 1.82) is 0 Å². The monoisotopic (exact) mass is 433 g/mol. The van der Waals surface area contributed by atoms with Gasteiger partial charge in [0.1, 0.15) is 5.82 Å². The third kappa shape index (κ3) is 5.79. The molecule has 0 bridgehead atoms. The Balaban J connectivity index is 1.57. The molecular formula is C22H28FN3O3S. The lowest BCUT2D eigenvalue weighted by atomic mass is 10.0. The lowest BCUT2D eigenvalue weighted by molar-refractivity contribution is 0.0910. The summed E-state index contributed by atoms with van der Waals surface area (Å²) >= 11 is 0. The highest BCUT2D eigenvalue weighted by Gasteiger charge is 2.21. The van der Waals surface area contributed by atoms with Gasteiger partial charge in [-0.15, -0.1) is 0 Å². The molecule has 2 aromatic carbocycles. The molecule has 0 atom stereocenters. The number of unbranched alkanes of at least 4 members (excludes halogenated alkanes) is 1. The molecule has 2 N–H and O–H groups in total. The van der Waals surface area contributed by atoms with Crippen molar-refractivity contribution in [1.82, 2.24) is 10.2 Å². The molecule has 0 spiro atoms. The second-order valence-electron chi connectivity index (χ2n) is 7.55. The van der Waals surface area contributed by atoms with Gasteiger partial charge in [0.25, 0.3) is 15.9 Å². The molecule has 30 heavy (non-hydrogen) atoms. The van der Waals surface area contributed by atoms with Gasteiger partial charge in [0, 0.05) is 24.7 Å². The van der Waals surface area contributed by atoms with Crippen molar-refractivity contribution in [3.05, 3.63) is 59.9 Å². The Bertz CT molecular complexity index is 956. The van der Waals surface area contributed by atoms with Crippen molar-refractivity contribution in [3.8, 4) is 0 Å². The Morgan fingerprint density at radius 3 is 2.40 bits per heavy atom. The van der Waals surface area contributed by atoms with Crippen LogP contribution >= 0.6 is 0 Å². The third-order valence-electron chi connectivity index (χ3n) is 5.30. The van der Waals surface area contributed by atoms with E-state index in [-0.39, 0.29) is 22.5 Å². The summed E-state index contributed by atoms with van der Waals surface area (Å²) in [6.07, 6.45) is 4.19. The molecule has 2 aromatic rings. The van der Waals surface area contributed by atoms with Gasteiger partial charge in [0.05, 0.1) is 10.6 Å². The van der Waals surface area contributed by atoms with E-state index in [1.54, 1.807) is 6.07 Å². The van der Waals surface area contributed by atoms with E-state index in [1.165, 1.54) is 55.3 Å². The van der Waals surface area contributed by atoms with Gasteiger partial charge < -0.3 is 10.2 Å². The second kappa shape index (κ2) is 10.0. The van der Waals surface area contributed by atoms with Crippen molar-refractivity contribution in [3.63, 3.8) is 0 Å². The van der Waals surface area contributed by atoms with Crippen molar-refractivity contribution in [2.45, 2.75) is 43.5 Å². The Morgan fingerprint density at radius 2 is 1.77 bits per heavy atom. The highest BCUT2D eigenvalue weighted by molar-refractivity contribution is 7.92. The first-order chi connectivity index (χ1) is 14.4. The Hall–Kier alpha value is -2.45. The number of amides is 1. The Kier molecular flexibility index (Phi) is 7.44. The van der Waals surface area contributed by atoms with Crippen molar-refractivity contribution < 1.29 is 17.6 Å². The molecule has 6 nitrogen and oxygen atoms in total. The molecular weight excluding hydrogens is 405 g/mol. The van der Waals surface area contributed by atoms with Gasteiger partial charge in [-0.25, -0.2) is 12.8 Å². The number of halogens is 1. The number of hydrogen-bond donors (Lipinski definition) is 2. The van der Waals surface area contributed by atoms with Crippen LogP contribution in [0.3, 0.4) is 0 Å². The predicted octanol–water partition coefficient (Wildman–Crippen LogP) is 3.62. The second-order valence-corrected chi connectivity index (χ2v) is 9.24. The number of anilines is 1. The van der Waals surface area contributed by atoms with E-state index in [4.69, 9.17) is 0 Å². The summed E-state index contributed by atoms with van der Waals surface area (Å²) in [5.74, 6) is -0.870. The van der Waals surface area contributed by atoms with Crippen LogP contribution in [0.4, 0.5) is 10.1 Å². The van der Waals surface area contributed by atoms with Crippen LogP contribution in [0.5, 0.6) is 0 Å². The zero-order chi connectivity index (χ0) is 21.6. The molecule has 8 heteroatoms. The van der Waals surface area contributed by atoms with Crippen LogP contribution in [0.2, 0.25) is 0 Å². The number of nitrogens with one attached hydrogen (secondary N) is 2. The van der Waals surface area contributed by atoms with E-state index in [2.05, 4.69) is 21.9 Å². The van der Waals surface area contributed by atoms with E-state index >= 15 is 0 Å². The molecule has 3 rings (SSSR count).